The molecule has 2 amide bonds. The predicted molar refractivity (Wildman–Crippen MR) is 90.5 cm³/mol. The van der Waals surface area contributed by atoms with E-state index in [1.54, 1.807) is 12.1 Å². The van der Waals surface area contributed by atoms with E-state index in [-0.39, 0.29) is 30.9 Å². The average Bonchev–Trinajstić information content (AvgIpc) is 3.12. The van der Waals surface area contributed by atoms with Crippen LogP contribution in [0.2, 0.25) is 0 Å². The third kappa shape index (κ3) is 5.50. The van der Waals surface area contributed by atoms with Gasteiger partial charge in [0.25, 0.3) is 5.91 Å². The van der Waals surface area contributed by atoms with Gasteiger partial charge in [0.1, 0.15) is 0 Å². The third-order valence-electron chi connectivity index (χ3n) is 3.45. The minimum absolute atomic E-state index is 0.0538. The van der Waals surface area contributed by atoms with Crippen molar-refractivity contribution in [2.45, 2.75) is 12.3 Å². The Morgan fingerprint density at radius 3 is 2.52 bits per heavy atom. The summed E-state index contributed by atoms with van der Waals surface area (Å²) in [6, 6.07) is 13.3. The average molecular weight is 332 g/mol. The van der Waals surface area contributed by atoms with Crippen molar-refractivity contribution in [3.8, 4) is 0 Å². The van der Waals surface area contributed by atoms with Crippen LogP contribution in [0.1, 0.15) is 27.6 Å². The van der Waals surface area contributed by atoms with Crippen molar-refractivity contribution < 1.29 is 14.7 Å². The smallest absolute Gasteiger partial charge is 0.261 e. The first-order valence-electron chi connectivity index (χ1n) is 7.45. The summed E-state index contributed by atoms with van der Waals surface area (Å²) >= 11 is 1.33. The van der Waals surface area contributed by atoms with Crippen LogP contribution in [0, 0.1) is 0 Å². The zero-order valence-electron chi connectivity index (χ0n) is 12.7. The van der Waals surface area contributed by atoms with Crippen molar-refractivity contribution in [2.24, 2.45) is 0 Å². The maximum absolute atomic E-state index is 11.9. The lowest BCUT2D eigenvalue weighted by Gasteiger charge is -2.17. The van der Waals surface area contributed by atoms with E-state index in [9.17, 15) is 14.7 Å². The number of benzene rings is 1. The van der Waals surface area contributed by atoms with E-state index >= 15 is 0 Å². The van der Waals surface area contributed by atoms with Crippen LogP contribution in [-0.4, -0.2) is 36.6 Å². The van der Waals surface area contributed by atoms with Crippen molar-refractivity contribution in [1.82, 2.24) is 10.6 Å². The fourth-order valence-corrected chi connectivity index (χ4v) is 2.86. The highest BCUT2D eigenvalue weighted by atomic mass is 32.1. The maximum Gasteiger partial charge on any atom is 0.261 e. The summed E-state index contributed by atoms with van der Waals surface area (Å²) in [5.41, 5.74) is 1.07. The van der Waals surface area contributed by atoms with Gasteiger partial charge < -0.3 is 15.7 Å². The fourth-order valence-electron chi connectivity index (χ4n) is 2.22. The summed E-state index contributed by atoms with van der Waals surface area (Å²) < 4.78 is 0. The number of rotatable bonds is 8. The number of nitrogens with one attached hydrogen (secondary N) is 2. The molecule has 1 aromatic carbocycles. The molecular weight excluding hydrogens is 312 g/mol. The standard InChI is InChI=1S/C17H20N2O3S/c20-9-8-14(13-5-2-1-3-6-13)11-18-16(21)12-19-17(22)15-7-4-10-23-15/h1-7,10,14,20H,8-9,11-12H2,(H,18,21)(H,19,22). The molecule has 1 aromatic heterocycles. The van der Waals surface area contributed by atoms with E-state index in [0.717, 1.165) is 5.56 Å². The largest absolute Gasteiger partial charge is 0.396 e. The number of aliphatic hydroxyl groups is 1. The molecule has 0 fully saturated rings. The van der Waals surface area contributed by atoms with Gasteiger partial charge in [-0.2, -0.15) is 0 Å². The molecule has 0 radical (unpaired) electrons. The van der Waals surface area contributed by atoms with Gasteiger partial charge in [0.05, 0.1) is 11.4 Å². The van der Waals surface area contributed by atoms with E-state index in [0.29, 0.717) is 17.8 Å². The lowest BCUT2D eigenvalue weighted by atomic mass is 9.96. The first-order valence-corrected chi connectivity index (χ1v) is 8.33. The highest BCUT2D eigenvalue weighted by Crippen LogP contribution is 2.18. The van der Waals surface area contributed by atoms with Crippen molar-refractivity contribution in [3.63, 3.8) is 0 Å². The highest BCUT2D eigenvalue weighted by molar-refractivity contribution is 7.12. The highest BCUT2D eigenvalue weighted by Gasteiger charge is 2.13. The van der Waals surface area contributed by atoms with Gasteiger partial charge in [-0.1, -0.05) is 36.4 Å². The van der Waals surface area contributed by atoms with Crippen LogP contribution < -0.4 is 10.6 Å². The normalized spacial score (nSPS) is 11.7. The molecule has 6 heteroatoms. The first-order chi connectivity index (χ1) is 11.2. The number of carbonyl (C=O) groups is 2. The van der Waals surface area contributed by atoms with Crippen LogP contribution in [0.25, 0.3) is 0 Å². The number of amides is 2. The lowest BCUT2D eigenvalue weighted by Crippen LogP contribution is -2.38. The Morgan fingerprint density at radius 2 is 1.87 bits per heavy atom. The van der Waals surface area contributed by atoms with Crippen LogP contribution in [0.4, 0.5) is 0 Å². The van der Waals surface area contributed by atoms with Gasteiger partial charge in [0.2, 0.25) is 5.91 Å². The van der Waals surface area contributed by atoms with Gasteiger partial charge in [-0.05, 0) is 23.4 Å². The van der Waals surface area contributed by atoms with Crippen LogP contribution in [0.5, 0.6) is 0 Å². The zero-order chi connectivity index (χ0) is 16.5. The summed E-state index contributed by atoms with van der Waals surface area (Å²) in [7, 11) is 0. The van der Waals surface area contributed by atoms with Crippen LogP contribution >= 0.6 is 11.3 Å². The first kappa shape index (κ1) is 17.2. The Hall–Kier alpha value is -2.18. The second-order valence-corrected chi connectivity index (χ2v) is 6.03. The molecule has 2 rings (SSSR count). The number of hydrogen-bond donors (Lipinski definition) is 3. The second kappa shape index (κ2) is 9.07. The molecule has 0 aliphatic heterocycles. The Balaban J connectivity index is 1.79. The molecule has 122 valence electrons. The Labute approximate surface area is 139 Å². The van der Waals surface area contributed by atoms with E-state index in [2.05, 4.69) is 10.6 Å². The monoisotopic (exact) mass is 332 g/mol. The van der Waals surface area contributed by atoms with E-state index in [1.165, 1.54) is 11.3 Å². The molecule has 1 heterocycles. The van der Waals surface area contributed by atoms with Gasteiger partial charge in [-0.3, -0.25) is 9.59 Å². The molecule has 0 saturated heterocycles. The summed E-state index contributed by atoms with van der Waals surface area (Å²) in [4.78, 5) is 24.2. The second-order valence-electron chi connectivity index (χ2n) is 5.08. The van der Waals surface area contributed by atoms with Gasteiger partial charge in [0.15, 0.2) is 0 Å². The molecule has 0 aliphatic rings. The van der Waals surface area contributed by atoms with Crippen molar-refractivity contribution >= 4 is 23.2 Å². The molecule has 5 nitrogen and oxygen atoms in total. The van der Waals surface area contributed by atoms with Gasteiger partial charge in [-0.25, -0.2) is 0 Å². The topological polar surface area (TPSA) is 78.4 Å². The molecule has 0 aliphatic carbocycles. The minimum Gasteiger partial charge on any atom is -0.396 e. The van der Waals surface area contributed by atoms with Gasteiger partial charge >= 0.3 is 0 Å². The number of carbonyl (C=O) groups excluding carboxylic acids is 2. The summed E-state index contributed by atoms with van der Waals surface area (Å²) in [6.45, 7) is 0.431. The van der Waals surface area contributed by atoms with Crippen molar-refractivity contribution in [1.29, 1.82) is 0 Å². The van der Waals surface area contributed by atoms with Gasteiger partial charge in [0, 0.05) is 19.1 Å². The van der Waals surface area contributed by atoms with Crippen LogP contribution in [0.15, 0.2) is 47.8 Å². The van der Waals surface area contributed by atoms with Gasteiger partial charge in [-0.15, -0.1) is 11.3 Å². The summed E-state index contributed by atoms with van der Waals surface area (Å²) in [5.74, 6) is -0.433. The molecule has 0 spiro atoms. The summed E-state index contributed by atoms with van der Waals surface area (Å²) in [5, 5.41) is 16.4. The maximum atomic E-state index is 11.9. The number of aliphatic hydroxyl groups excluding tert-OH is 1. The Bertz CT molecular complexity index is 614. The lowest BCUT2D eigenvalue weighted by molar-refractivity contribution is -0.120. The zero-order valence-corrected chi connectivity index (χ0v) is 13.5. The molecule has 0 saturated carbocycles. The minimum atomic E-state index is -0.245. The summed E-state index contributed by atoms with van der Waals surface area (Å²) in [6.07, 6.45) is 0.575. The molecule has 3 N–H and O–H groups in total. The van der Waals surface area contributed by atoms with E-state index < -0.39 is 0 Å². The van der Waals surface area contributed by atoms with Crippen molar-refractivity contribution in [2.75, 3.05) is 19.7 Å². The fraction of sp³-hybridized carbons (Fsp3) is 0.294. The van der Waals surface area contributed by atoms with Crippen molar-refractivity contribution in [3.05, 3.63) is 58.3 Å². The molecular formula is C17H20N2O3S. The predicted octanol–water partition coefficient (Wildman–Crippen LogP) is 1.76. The van der Waals surface area contributed by atoms with Crippen LogP contribution in [-0.2, 0) is 4.79 Å². The third-order valence-corrected chi connectivity index (χ3v) is 4.32. The van der Waals surface area contributed by atoms with E-state index in [4.69, 9.17) is 0 Å². The molecule has 1 atom stereocenters. The SMILES string of the molecule is O=C(CNC(=O)c1cccs1)NCC(CCO)c1ccccc1. The Morgan fingerprint density at radius 1 is 1.09 bits per heavy atom. The number of thiophene rings is 1. The number of hydrogen-bond acceptors (Lipinski definition) is 4. The van der Waals surface area contributed by atoms with Crippen LogP contribution in [0.3, 0.4) is 0 Å². The van der Waals surface area contributed by atoms with E-state index in [1.807, 2.05) is 35.7 Å². The molecule has 2 aromatic rings. The molecule has 1 unspecified atom stereocenters. The quantitative estimate of drug-likeness (QED) is 0.689. The Kier molecular flexibility index (Phi) is 6.77. The molecule has 23 heavy (non-hydrogen) atoms. The molecule has 0 bridgehead atoms.